The van der Waals surface area contributed by atoms with Crippen LogP contribution in [0.1, 0.15) is 12.8 Å². The molecule has 0 saturated carbocycles. The zero-order valence-electron chi connectivity index (χ0n) is 10.7. The van der Waals surface area contributed by atoms with E-state index in [-0.39, 0.29) is 18.2 Å². The number of halogens is 2. The van der Waals surface area contributed by atoms with Gasteiger partial charge in [0.15, 0.2) is 11.6 Å². The summed E-state index contributed by atoms with van der Waals surface area (Å²) < 4.78 is 58.2. The molecule has 5 nitrogen and oxygen atoms in total. The monoisotopic (exact) mass is 306 g/mol. The van der Waals surface area contributed by atoms with Gasteiger partial charge < -0.3 is 10.5 Å². The maximum absolute atomic E-state index is 13.6. The normalized spacial score (nSPS) is 20.0. The van der Waals surface area contributed by atoms with Crippen LogP contribution in [-0.2, 0) is 14.8 Å². The van der Waals surface area contributed by atoms with Crippen molar-refractivity contribution in [3.8, 4) is 0 Å². The minimum Gasteiger partial charge on any atom is -0.399 e. The third-order valence-electron chi connectivity index (χ3n) is 3.12. The zero-order chi connectivity index (χ0) is 14.8. The van der Waals surface area contributed by atoms with E-state index < -0.39 is 26.6 Å². The Kier molecular flexibility index (Phi) is 4.56. The Morgan fingerprint density at radius 3 is 2.80 bits per heavy atom. The number of ether oxygens (including phenoxy) is 1. The molecule has 0 aromatic heterocycles. The van der Waals surface area contributed by atoms with Crippen LogP contribution in [0.2, 0.25) is 0 Å². The van der Waals surface area contributed by atoms with Crippen LogP contribution in [0.4, 0.5) is 14.5 Å². The minimum atomic E-state index is -4.14. The Labute approximate surface area is 116 Å². The molecule has 0 bridgehead atoms. The van der Waals surface area contributed by atoms with Gasteiger partial charge in [-0.3, -0.25) is 0 Å². The molecule has 1 aliphatic rings. The average molecular weight is 306 g/mol. The van der Waals surface area contributed by atoms with Gasteiger partial charge >= 0.3 is 0 Å². The SMILES string of the molecule is Nc1cc(F)c(F)c(S(=O)(=O)NCC2CCCOC2)c1. The first kappa shape index (κ1) is 15.1. The van der Waals surface area contributed by atoms with Gasteiger partial charge in [-0.2, -0.15) is 0 Å². The molecule has 1 fully saturated rings. The molecule has 1 unspecified atom stereocenters. The lowest BCUT2D eigenvalue weighted by Crippen LogP contribution is -2.33. The van der Waals surface area contributed by atoms with Gasteiger partial charge in [0.1, 0.15) is 4.90 Å². The third kappa shape index (κ3) is 3.44. The molecule has 1 aromatic carbocycles. The maximum atomic E-state index is 13.6. The summed E-state index contributed by atoms with van der Waals surface area (Å²) in [6.45, 7) is 1.24. The summed E-state index contributed by atoms with van der Waals surface area (Å²) in [6.07, 6.45) is 1.68. The van der Waals surface area contributed by atoms with E-state index in [1.54, 1.807) is 0 Å². The second-order valence-electron chi connectivity index (χ2n) is 4.75. The Hall–Kier alpha value is -1.25. The summed E-state index contributed by atoms with van der Waals surface area (Å²) >= 11 is 0. The molecular weight excluding hydrogens is 290 g/mol. The summed E-state index contributed by atoms with van der Waals surface area (Å²) in [7, 11) is -4.14. The standard InChI is InChI=1S/C12H16F2N2O3S/c13-10-4-9(15)5-11(12(10)14)20(17,18)16-6-8-2-1-3-19-7-8/h4-5,8,16H,1-3,6-7,15H2. The molecule has 1 aliphatic heterocycles. The van der Waals surface area contributed by atoms with E-state index in [2.05, 4.69) is 4.72 Å². The first-order chi connectivity index (χ1) is 9.40. The molecule has 0 spiro atoms. The molecule has 2 rings (SSSR count). The fourth-order valence-corrected chi connectivity index (χ4v) is 3.29. The molecular formula is C12H16F2N2O3S. The lowest BCUT2D eigenvalue weighted by Gasteiger charge is -2.22. The van der Waals surface area contributed by atoms with E-state index in [1.807, 2.05) is 0 Å². The van der Waals surface area contributed by atoms with Crippen molar-refractivity contribution in [3.63, 3.8) is 0 Å². The lowest BCUT2D eigenvalue weighted by atomic mass is 10.0. The van der Waals surface area contributed by atoms with E-state index in [0.717, 1.165) is 25.0 Å². The van der Waals surface area contributed by atoms with Crippen LogP contribution in [0.15, 0.2) is 17.0 Å². The molecule has 1 saturated heterocycles. The van der Waals surface area contributed by atoms with Gasteiger partial charge in [-0.25, -0.2) is 21.9 Å². The van der Waals surface area contributed by atoms with Crippen LogP contribution in [0.3, 0.4) is 0 Å². The fraction of sp³-hybridized carbons (Fsp3) is 0.500. The van der Waals surface area contributed by atoms with Crippen LogP contribution in [0.5, 0.6) is 0 Å². The molecule has 1 atom stereocenters. The van der Waals surface area contributed by atoms with E-state index in [0.29, 0.717) is 13.2 Å². The first-order valence-electron chi connectivity index (χ1n) is 6.22. The number of nitrogens with two attached hydrogens (primary N) is 1. The quantitative estimate of drug-likeness (QED) is 0.820. The van der Waals surface area contributed by atoms with Crippen molar-refractivity contribution in [2.24, 2.45) is 5.92 Å². The average Bonchev–Trinajstić information content (AvgIpc) is 2.42. The number of nitrogens with one attached hydrogen (secondary N) is 1. The van der Waals surface area contributed by atoms with Gasteiger partial charge in [-0.15, -0.1) is 0 Å². The molecule has 112 valence electrons. The number of rotatable bonds is 4. The topological polar surface area (TPSA) is 81.4 Å². The molecule has 0 aliphatic carbocycles. The predicted octanol–water partition coefficient (Wildman–Crippen LogP) is 1.25. The number of benzene rings is 1. The number of sulfonamides is 1. The van der Waals surface area contributed by atoms with Crippen LogP contribution in [0.25, 0.3) is 0 Å². The summed E-state index contributed by atoms with van der Waals surface area (Å²) in [6, 6.07) is 1.64. The molecule has 8 heteroatoms. The van der Waals surface area contributed by atoms with Gasteiger partial charge in [0.25, 0.3) is 0 Å². The van der Waals surface area contributed by atoms with Crippen molar-refractivity contribution in [2.45, 2.75) is 17.7 Å². The predicted molar refractivity (Wildman–Crippen MR) is 69.5 cm³/mol. The van der Waals surface area contributed by atoms with E-state index in [9.17, 15) is 17.2 Å². The number of nitrogen functional groups attached to an aromatic ring is 1. The third-order valence-corrected chi connectivity index (χ3v) is 4.55. The van der Waals surface area contributed by atoms with Gasteiger partial charge in [-0.1, -0.05) is 0 Å². The van der Waals surface area contributed by atoms with Crippen molar-refractivity contribution in [2.75, 3.05) is 25.5 Å². The minimum absolute atomic E-state index is 0.0347. The second-order valence-corrected chi connectivity index (χ2v) is 6.49. The smallest absolute Gasteiger partial charge is 0.243 e. The Morgan fingerprint density at radius 2 is 2.15 bits per heavy atom. The van der Waals surface area contributed by atoms with E-state index in [4.69, 9.17) is 10.5 Å². The molecule has 20 heavy (non-hydrogen) atoms. The zero-order valence-corrected chi connectivity index (χ0v) is 11.6. The molecule has 3 N–H and O–H groups in total. The maximum Gasteiger partial charge on any atom is 0.243 e. The van der Waals surface area contributed by atoms with Crippen LogP contribution in [-0.4, -0.2) is 28.2 Å². The number of hydrogen-bond donors (Lipinski definition) is 2. The Balaban J connectivity index is 2.14. The molecule has 0 radical (unpaired) electrons. The van der Waals surface area contributed by atoms with Crippen molar-refractivity contribution in [3.05, 3.63) is 23.8 Å². The fourth-order valence-electron chi connectivity index (χ4n) is 2.05. The largest absolute Gasteiger partial charge is 0.399 e. The second kappa shape index (κ2) is 6.02. The molecule has 1 heterocycles. The Bertz CT molecular complexity index is 587. The molecule has 0 amide bonds. The van der Waals surface area contributed by atoms with Gasteiger partial charge in [0.05, 0.1) is 6.61 Å². The highest BCUT2D eigenvalue weighted by atomic mass is 32.2. The van der Waals surface area contributed by atoms with Crippen LogP contribution < -0.4 is 10.5 Å². The van der Waals surface area contributed by atoms with Gasteiger partial charge in [0.2, 0.25) is 10.0 Å². The van der Waals surface area contributed by atoms with E-state index >= 15 is 0 Å². The number of hydrogen-bond acceptors (Lipinski definition) is 4. The lowest BCUT2D eigenvalue weighted by molar-refractivity contribution is 0.0568. The van der Waals surface area contributed by atoms with E-state index in [1.165, 1.54) is 0 Å². The summed E-state index contributed by atoms with van der Waals surface area (Å²) in [4.78, 5) is -0.772. The van der Waals surface area contributed by atoms with Gasteiger partial charge in [0, 0.05) is 18.8 Å². The number of anilines is 1. The van der Waals surface area contributed by atoms with Crippen LogP contribution in [0, 0.1) is 17.6 Å². The van der Waals surface area contributed by atoms with Crippen molar-refractivity contribution in [1.82, 2.24) is 4.72 Å². The highest BCUT2D eigenvalue weighted by molar-refractivity contribution is 7.89. The van der Waals surface area contributed by atoms with Crippen molar-refractivity contribution in [1.29, 1.82) is 0 Å². The van der Waals surface area contributed by atoms with Crippen molar-refractivity contribution >= 4 is 15.7 Å². The van der Waals surface area contributed by atoms with Crippen LogP contribution >= 0.6 is 0 Å². The summed E-state index contributed by atoms with van der Waals surface area (Å²) in [5.41, 5.74) is 5.20. The summed E-state index contributed by atoms with van der Waals surface area (Å²) in [5.74, 6) is -2.68. The highest BCUT2D eigenvalue weighted by Crippen LogP contribution is 2.21. The first-order valence-corrected chi connectivity index (χ1v) is 7.70. The molecule has 1 aromatic rings. The highest BCUT2D eigenvalue weighted by Gasteiger charge is 2.24. The van der Waals surface area contributed by atoms with Crippen molar-refractivity contribution < 1.29 is 21.9 Å². The summed E-state index contributed by atoms with van der Waals surface area (Å²) in [5, 5.41) is 0. The van der Waals surface area contributed by atoms with Gasteiger partial charge in [-0.05, 0) is 30.9 Å². The Morgan fingerprint density at radius 1 is 1.40 bits per heavy atom.